The Morgan fingerprint density at radius 2 is 1.87 bits per heavy atom. The van der Waals surface area contributed by atoms with Crippen molar-refractivity contribution >= 4 is 17.0 Å². The van der Waals surface area contributed by atoms with Crippen molar-refractivity contribution in [3.63, 3.8) is 0 Å². The lowest BCUT2D eigenvalue weighted by atomic mass is 10.00. The number of nitriles is 1. The number of ether oxygens (including phenoxy) is 1. The molecule has 5 rings (SSSR count). The Hall–Kier alpha value is -5.11. The SMILES string of the molecule is Cc1cc(C#N)ccc1-n1cc(-c2ccc(C(=O)O)cc2OC(F)(F)F)c2cc(-c3c(C)noc3C)cnc21. The number of fused-ring (bicyclic) bond motifs is 1. The second-order valence-corrected chi connectivity index (χ2v) is 8.88. The number of hydrogen-bond acceptors (Lipinski definition) is 6. The number of hydrogen-bond donors (Lipinski definition) is 1. The molecule has 0 unspecified atom stereocenters. The van der Waals surface area contributed by atoms with Gasteiger partial charge in [0.1, 0.15) is 17.2 Å². The zero-order valence-electron chi connectivity index (χ0n) is 20.8. The third-order valence-corrected chi connectivity index (χ3v) is 6.30. The zero-order chi connectivity index (χ0) is 28.1. The van der Waals surface area contributed by atoms with Gasteiger partial charge in [-0.15, -0.1) is 13.2 Å². The van der Waals surface area contributed by atoms with Crippen LogP contribution >= 0.6 is 0 Å². The predicted molar refractivity (Wildman–Crippen MR) is 135 cm³/mol. The Bertz CT molecular complexity index is 1790. The third kappa shape index (κ3) is 4.68. The highest BCUT2D eigenvalue weighted by atomic mass is 19.4. The van der Waals surface area contributed by atoms with Gasteiger partial charge in [0.2, 0.25) is 0 Å². The van der Waals surface area contributed by atoms with E-state index in [2.05, 4.69) is 20.9 Å². The summed E-state index contributed by atoms with van der Waals surface area (Å²) in [5, 5.41) is 23.1. The Balaban J connectivity index is 1.83. The van der Waals surface area contributed by atoms with Crippen LogP contribution in [0.3, 0.4) is 0 Å². The molecule has 0 aliphatic carbocycles. The maximum absolute atomic E-state index is 13.4. The molecule has 0 aliphatic rings. The average molecular weight is 532 g/mol. The molecule has 3 aromatic heterocycles. The molecule has 0 spiro atoms. The van der Waals surface area contributed by atoms with Crippen molar-refractivity contribution in [2.24, 2.45) is 0 Å². The highest BCUT2D eigenvalue weighted by molar-refractivity contribution is 6.00. The summed E-state index contributed by atoms with van der Waals surface area (Å²) in [6.45, 7) is 5.31. The van der Waals surface area contributed by atoms with Crippen molar-refractivity contribution in [2.45, 2.75) is 27.1 Å². The van der Waals surface area contributed by atoms with Crippen LogP contribution in [0.2, 0.25) is 0 Å². The second-order valence-electron chi connectivity index (χ2n) is 8.88. The number of carbonyl (C=O) groups is 1. The maximum atomic E-state index is 13.4. The zero-order valence-corrected chi connectivity index (χ0v) is 20.8. The Morgan fingerprint density at radius 1 is 1.10 bits per heavy atom. The van der Waals surface area contributed by atoms with Gasteiger partial charge in [0.05, 0.1) is 28.6 Å². The van der Waals surface area contributed by atoms with Crippen molar-refractivity contribution in [2.75, 3.05) is 0 Å². The van der Waals surface area contributed by atoms with E-state index in [4.69, 9.17) is 4.52 Å². The number of halogens is 3. The summed E-state index contributed by atoms with van der Waals surface area (Å²) in [7, 11) is 0. The monoisotopic (exact) mass is 532 g/mol. The smallest absolute Gasteiger partial charge is 0.478 e. The van der Waals surface area contributed by atoms with Crippen LogP contribution in [0, 0.1) is 32.1 Å². The van der Waals surface area contributed by atoms with Gasteiger partial charge in [-0.3, -0.25) is 0 Å². The fraction of sp³-hybridized carbons (Fsp3) is 0.143. The second kappa shape index (κ2) is 9.33. The molecule has 8 nitrogen and oxygen atoms in total. The van der Waals surface area contributed by atoms with Gasteiger partial charge < -0.3 is 18.9 Å². The minimum Gasteiger partial charge on any atom is -0.478 e. The van der Waals surface area contributed by atoms with E-state index in [-0.39, 0.29) is 11.1 Å². The van der Waals surface area contributed by atoms with Crippen LogP contribution in [0.4, 0.5) is 13.2 Å². The summed E-state index contributed by atoms with van der Waals surface area (Å²) in [6, 6.07) is 12.2. The Labute approximate surface area is 219 Å². The highest BCUT2D eigenvalue weighted by Gasteiger charge is 2.33. The van der Waals surface area contributed by atoms with E-state index in [0.29, 0.717) is 50.4 Å². The van der Waals surface area contributed by atoms with E-state index in [9.17, 15) is 28.3 Å². The molecule has 11 heteroatoms. The molecule has 0 saturated carbocycles. The minimum atomic E-state index is -5.06. The Kier molecular flexibility index (Phi) is 6.11. The average Bonchev–Trinajstić information content (AvgIpc) is 3.41. The molecule has 0 atom stereocenters. The molecular weight excluding hydrogens is 513 g/mol. The van der Waals surface area contributed by atoms with E-state index >= 15 is 0 Å². The molecule has 39 heavy (non-hydrogen) atoms. The number of alkyl halides is 3. The van der Waals surface area contributed by atoms with Gasteiger partial charge in [0.15, 0.2) is 0 Å². The van der Waals surface area contributed by atoms with Crippen LogP contribution < -0.4 is 4.74 Å². The minimum absolute atomic E-state index is 0.0186. The molecule has 0 amide bonds. The first-order valence-corrected chi connectivity index (χ1v) is 11.6. The quantitative estimate of drug-likeness (QED) is 0.267. The molecule has 3 heterocycles. The van der Waals surface area contributed by atoms with Crippen LogP contribution in [0.25, 0.3) is 39.0 Å². The summed E-state index contributed by atoms with van der Waals surface area (Å²) in [5.41, 5.74) is 4.20. The standard InChI is InChI=1S/C28H19F3N4O4/c1-14-8-17(11-32)4-7-23(14)35-13-22(20-6-5-18(27(36)37)10-24(20)38-28(29,30)31)21-9-19(12-33-26(21)35)25-15(2)34-39-16(25)3/h4-10,12-13H,1-3H3,(H,36,37). The van der Waals surface area contributed by atoms with Gasteiger partial charge in [0.25, 0.3) is 0 Å². The van der Waals surface area contributed by atoms with E-state index in [1.165, 1.54) is 12.1 Å². The normalized spacial score (nSPS) is 11.5. The van der Waals surface area contributed by atoms with E-state index < -0.39 is 18.1 Å². The first-order chi connectivity index (χ1) is 18.5. The largest absolute Gasteiger partial charge is 0.573 e. The van der Waals surface area contributed by atoms with Crippen molar-refractivity contribution in [1.29, 1.82) is 5.26 Å². The molecule has 5 aromatic rings. The van der Waals surface area contributed by atoms with Crippen molar-refractivity contribution in [1.82, 2.24) is 14.7 Å². The molecule has 196 valence electrons. The van der Waals surface area contributed by atoms with Gasteiger partial charge >= 0.3 is 12.3 Å². The van der Waals surface area contributed by atoms with Crippen LogP contribution in [-0.2, 0) is 0 Å². The predicted octanol–water partition coefficient (Wildman–Crippen LogP) is 6.74. The number of carboxylic acids is 1. The van der Waals surface area contributed by atoms with Crippen LogP contribution in [0.15, 0.2) is 59.4 Å². The summed E-state index contributed by atoms with van der Waals surface area (Å²) in [6.07, 6.45) is -1.83. The van der Waals surface area contributed by atoms with Gasteiger partial charge in [-0.05, 0) is 68.8 Å². The lowest BCUT2D eigenvalue weighted by molar-refractivity contribution is -0.274. The summed E-state index contributed by atoms with van der Waals surface area (Å²) >= 11 is 0. The first-order valence-electron chi connectivity index (χ1n) is 11.6. The number of carboxylic acid groups (broad SMARTS) is 1. The Morgan fingerprint density at radius 3 is 2.49 bits per heavy atom. The first kappa shape index (κ1) is 25.5. The van der Waals surface area contributed by atoms with Crippen molar-refractivity contribution in [3.8, 4) is 39.8 Å². The van der Waals surface area contributed by atoms with Gasteiger partial charge in [-0.1, -0.05) is 5.16 Å². The molecule has 0 bridgehead atoms. The van der Waals surface area contributed by atoms with Crippen LogP contribution in [-0.4, -0.2) is 32.1 Å². The van der Waals surface area contributed by atoms with Gasteiger partial charge in [0, 0.05) is 40.0 Å². The number of pyridine rings is 1. The van der Waals surface area contributed by atoms with Crippen LogP contribution in [0.1, 0.15) is 32.9 Å². The van der Waals surface area contributed by atoms with Crippen molar-refractivity contribution in [3.05, 3.63) is 83.0 Å². The van der Waals surface area contributed by atoms with E-state index in [1.807, 2.05) is 0 Å². The molecule has 0 aliphatic heterocycles. The summed E-state index contributed by atoms with van der Waals surface area (Å²) < 4.78 is 51.4. The van der Waals surface area contributed by atoms with Crippen molar-refractivity contribution < 1.29 is 32.3 Å². The number of benzene rings is 2. The number of aryl methyl sites for hydroxylation is 3. The van der Waals surface area contributed by atoms with Gasteiger partial charge in [-0.25, -0.2) is 9.78 Å². The summed E-state index contributed by atoms with van der Waals surface area (Å²) in [5.74, 6) is -1.52. The maximum Gasteiger partial charge on any atom is 0.573 e. The highest BCUT2D eigenvalue weighted by Crippen LogP contribution is 2.41. The van der Waals surface area contributed by atoms with E-state index in [0.717, 1.165) is 11.6 Å². The topological polar surface area (TPSA) is 114 Å². The number of aromatic carboxylic acids is 1. The molecule has 2 aromatic carbocycles. The van der Waals surface area contributed by atoms with E-state index in [1.54, 1.807) is 62.0 Å². The lowest BCUT2D eigenvalue weighted by Crippen LogP contribution is -2.18. The fourth-order valence-corrected chi connectivity index (χ4v) is 4.62. The molecule has 0 radical (unpaired) electrons. The fourth-order valence-electron chi connectivity index (χ4n) is 4.62. The molecule has 0 saturated heterocycles. The lowest BCUT2D eigenvalue weighted by Gasteiger charge is -2.14. The summed E-state index contributed by atoms with van der Waals surface area (Å²) in [4.78, 5) is 16.2. The molecular formula is C28H19F3N4O4. The number of rotatable bonds is 5. The van der Waals surface area contributed by atoms with Gasteiger partial charge in [-0.2, -0.15) is 5.26 Å². The molecule has 1 N–H and O–H groups in total. The number of aromatic nitrogens is 3. The third-order valence-electron chi connectivity index (χ3n) is 6.30. The molecule has 0 fully saturated rings. The number of nitrogens with zero attached hydrogens (tertiary/aromatic N) is 4. The van der Waals surface area contributed by atoms with Crippen LogP contribution in [0.5, 0.6) is 5.75 Å².